The van der Waals surface area contributed by atoms with Gasteiger partial charge in [0.15, 0.2) is 0 Å². The first-order chi connectivity index (χ1) is 8.72. The Bertz CT molecular complexity index is 309. The molecule has 0 fully saturated rings. The molecule has 0 atom stereocenters. The van der Waals surface area contributed by atoms with Crippen molar-refractivity contribution in [1.82, 2.24) is 5.32 Å². The molecule has 0 aromatic heterocycles. The van der Waals surface area contributed by atoms with Crippen molar-refractivity contribution in [3.05, 3.63) is 29.8 Å². The molecule has 1 rings (SSSR count). The second-order valence-electron chi connectivity index (χ2n) is 4.86. The lowest BCUT2D eigenvalue weighted by molar-refractivity contribution is 0.552. The number of hydrogen-bond donors (Lipinski definition) is 1. The SMILES string of the molecule is CSCCCSc1ccc(CNCC(C)C)cc1. The third-order valence-electron chi connectivity index (χ3n) is 2.57. The molecule has 18 heavy (non-hydrogen) atoms. The maximum absolute atomic E-state index is 3.47. The number of hydrogen-bond acceptors (Lipinski definition) is 3. The smallest absolute Gasteiger partial charge is 0.0205 e. The Kier molecular flexibility index (Phi) is 8.64. The zero-order valence-corrected chi connectivity index (χ0v) is 13.4. The van der Waals surface area contributed by atoms with Gasteiger partial charge in [-0.15, -0.1) is 11.8 Å². The van der Waals surface area contributed by atoms with Crippen LogP contribution < -0.4 is 5.32 Å². The van der Waals surface area contributed by atoms with Gasteiger partial charge < -0.3 is 5.32 Å². The Balaban J connectivity index is 2.24. The van der Waals surface area contributed by atoms with Crippen LogP contribution in [0.15, 0.2) is 29.2 Å². The van der Waals surface area contributed by atoms with Gasteiger partial charge in [-0.25, -0.2) is 0 Å². The molecule has 1 aromatic rings. The van der Waals surface area contributed by atoms with Crippen LogP contribution in [0.5, 0.6) is 0 Å². The van der Waals surface area contributed by atoms with E-state index in [9.17, 15) is 0 Å². The average Bonchev–Trinajstić information content (AvgIpc) is 2.36. The summed E-state index contributed by atoms with van der Waals surface area (Å²) in [6.45, 7) is 6.55. The van der Waals surface area contributed by atoms with Crippen LogP contribution in [0.1, 0.15) is 25.8 Å². The van der Waals surface area contributed by atoms with Gasteiger partial charge in [-0.1, -0.05) is 26.0 Å². The Labute approximate surface area is 121 Å². The fraction of sp³-hybridized carbons (Fsp3) is 0.600. The van der Waals surface area contributed by atoms with Crippen molar-refractivity contribution in [2.45, 2.75) is 31.7 Å². The van der Waals surface area contributed by atoms with E-state index in [1.54, 1.807) is 0 Å². The summed E-state index contributed by atoms with van der Waals surface area (Å²) in [6.07, 6.45) is 3.47. The maximum atomic E-state index is 3.47. The third-order valence-corrected chi connectivity index (χ3v) is 4.36. The molecule has 0 heterocycles. The van der Waals surface area contributed by atoms with E-state index >= 15 is 0 Å². The molecule has 0 radical (unpaired) electrons. The number of rotatable bonds is 9. The standard InChI is InChI=1S/C15H25NS2/c1-13(2)11-16-12-14-5-7-15(8-6-14)18-10-4-9-17-3/h5-8,13,16H,4,9-12H2,1-3H3. The Morgan fingerprint density at radius 1 is 1.11 bits per heavy atom. The summed E-state index contributed by atoms with van der Waals surface area (Å²) in [6, 6.07) is 8.97. The molecular weight excluding hydrogens is 258 g/mol. The van der Waals surface area contributed by atoms with Crippen LogP contribution in [0.25, 0.3) is 0 Å². The van der Waals surface area contributed by atoms with Crippen molar-refractivity contribution in [2.24, 2.45) is 5.92 Å². The molecular formula is C15H25NS2. The summed E-state index contributed by atoms with van der Waals surface area (Å²) < 4.78 is 0. The molecule has 0 amide bonds. The molecule has 1 nitrogen and oxygen atoms in total. The van der Waals surface area contributed by atoms with Gasteiger partial charge in [-0.05, 0) is 54.3 Å². The fourth-order valence-electron chi connectivity index (χ4n) is 1.60. The molecule has 3 heteroatoms. The lowest BCUT2D eigenvalue weighted by Gasteiger charge is -2.08. The Morgan fingerprint density at radius 2 is 1.83 bits per heavy atom. The largest absolute Gasteiger partial charge is 0.312 e. The summed E-state index contributed by atoms with van der Waals surface area (Å²) in [7, 11) is 0. The molecule has 0 saturated carbocycles. The first-order valence-electron chi connectivity index (χ1n) is 6.63. The monoisotopic (exact) mass is 283 g/mol. The van der Waals surface area contributed by atoms with Crippen LogP contribution in [-0.4, -0.2) is 24.3 Å². The van der Waals surface area contributed by atoms with Crippen LogP contribution in [-0.2, 0) is 6.54 Å². The second-order valence-corrected chi connectivity index (χ2v) is 7.02. The molecule has 0 spiro atoms. The minimum Gasteiger partial charge on any atom is -0.312 e. The summed E-state index contributed by atoms with van der Waals surface area (Å²) in [5.74, 6) is 3.21. The first kappa shape index (κ1) is 15.9. The first-order valence-corrected chi connectivity index (χ1v) is 9.01. The van der Waals surface area contributed by atoms with E-state index in [1.165, 1.54) is 28.4 Å². The lowest BCUT2D eigenvalue weighted by atomic mass is 10.2. The zero-order chi connectivity index (χ0) is 13.2. The van der Waals surface area contributed by atoms with Gasteiger partial charge in [0.05, 0.1) is 0 Å². The highest BCUT2D eigenvalue weighted by molar-refractivity contribution is 7.99. The molecule has 0 bridgehead atoms. The summed E-state index contributed by atoms with van der Waals surface area (Å²) in [5, 5.41) is 3.47. The van der Waals surface area contributed by atoms with Crippen molar-refractivity contribution in [1.29, 1.82) is 0 Å². The number of nitrogens with one attached hydrogen (secondary N) is 1. The molecule has 1 N–H and O–H groups in total. The van der Waals surface area contributed by atoms with Crippen molar-refractivity contribution in [2.75, 3.05) is 24.3 Å². The Hall–Kier alpha value is -0.120. The minimum atomic E-state index is 0.719. The van der Waals surface area contributed by atoms with Gasteiger partial charge in [-0.3, -0.25) is 0 Å². The van der Waals surface area contributed by atoms with Gasteiger partial charge in [0.25, 0.3) is 0 Å². The molecule has 102 valence electrons. The number of benzene rings is 1. The van der Waals surface area contributed by atoms with Gasteiger partial charge in [0.2, 0.25) is 0 Å². The third kappa shape index (κ3) is 7.34. The predicted octanol–water partition coefficient (Wildman–Crippen LogP) is 4.28. The van der Waals surface area contributed by atoms with Gasteiger partial charge in [0, 0.05) is 11.4 Å². The van der Waals surface area contributed by atoms with E-state index < -0.39 is 0 Å². The molecule has 0 saturated heterocycles. The fourth-order valence-corrected chi connectivity index (χ4v) is 3.07. The van der Waals surface area contributed by atoms with E-state index in [-0.39, 0.29) is 0 Å². The van der Waals surface area contributed by atoms with E-state index in [0.717, 1.165) is 19.0 Å². The highest BCUT2D eigenvalue weighted by atomic mass is 32.2. The minimum absolute atomic E-state index is 0.719. The summed E-state index contributed by atoms with van der Waals surface area (Å²) in [4.78, 5) is 1.39. The molecule has 0 aliphatic rings. The van der Waals surface area contributed by atoms with Crippen LogP contribution >= 0.6 is 23.5 Å². The number of thioether (sulfide) groups is 2. The van der Waals surface area contributed by atoms with Crippen LogP contribution in [0, 0.1) is 5.92 Å². The quantitative estimate of drug-likeness (QED) is 0.537. The predicted molar refractivity (Wildman–Crippen MR) is 86.7 cm³/mol. The van der Waals surface area contributed by atoms with Crippen LogP contribution in [0.3, 0.4) is 0 Å². The summed E-state index contributed by atoms with van der Waals surface area (Å²) >= 11 is 3.89. The lowest BCUT2D eigenvalue weighted by Crippen LogP contribution is -2.18. The van der Waals surface area contributed by atoms with Crippen molar-refractivity contribution in [3.8, 4) is 0 Å². The van der Waals surface area contributed by atoms with E-state index in [1.807, 2.05) is 23.5 Å². The molecule has 0 unspecified atom stereocenters. The molecule has 0 aliphatic carbocycles. The van der Waals surface area contributed by atoms with Gasteiger partial charge in [0.1, 0.15) is 0 Å². The highest BCUT2D eigenvalue weighted by Gasteiger charge is 1.97. The van der Waals surface area contributed by atoms with Crippen LogP contribution in [0.4, 0.5) is 0 Å². The summed E-state index contributed by atoms with van der Waals surface area (Å²) in [5.41, 5.74) is 1.38. The van der Waals surface area contributed by atoms with Crippen LogP contribution in [0.2, 0.25) is 0 Å². The zero-order valence-electron chi connectivity index (χ0n) is 11.7. The second kappa shape index (κ2) is 9.76. The topological polar surface area (TPSA) is 12.0 Å². The van der Waals surface area contributed by atoms with Gasteiger partial charge >= 0.3 is 0 Å². The Morgan fingerprint density at radius 3 is 2.44 bits per heavy atom. The van der Waals surface area contributed by atoms with Crippen molar-refractivity contribution < 1.29 is 0 Å². The van der Waals surface area contributed by atoms with E-state index in [2.05, 4.69) is 49.7 Å². The highest BCUT2D eigenvalue weighted by Crippen LogP contribution is 2.19. The molecule has 1 aromatic carbocycles. The van der Waals surface area contributed by atoms with Crippen molar-refractivity contribution in [3.63, 3.8) is 0 Å². The maximum Gasteiger partial charge on any atom is 0.0205 e. The van der Waals surface area contributed by atoms with E-state index in [4.69, 9.17) is 0 Å². The normalized spacial score (nSPS) is 11.1. The van der Waals surface area contributed by atoms with Crippen molar-refractivity contribution >= 4 is 23.5 Å². The molecule has 0 aliphatic heterocycles. The van der Waals surface area contributed by atoms with E-state index in [0.29, 0.717) is 0 Å². The average molecular weight is 284 g/mol. The van der Waals surface area contributed by atoms with Gasteiger partial charge in [-0.2, -0.15) is 11.8 Å².